The van der Waals surface area contributed by atoms with Crippen LogP contribution in [0.4, 0.5) is 5.95 Å². The molecule has 1 aromatic carbocycles. The number of fused-ring (bicyclic) bond motifs is 1. The summed E-state index contributed by atoms with van der Waals surface area (Å²) >= 11 is 0. The van der Waals surface area contributed by atoms with Gasteiger partial charge >= 0.3 is 0 Å². The van der Waals surface area contributed by atoms with E-state index in [2.05, 4.69) is 15.0 Å². The third-order valence-electron chi connectivity index (χ3n) is 2.60. The molecule has 0 spiro atoms. The van der Waals surface area contributed by atoms with Gasteiger partial charge in [-0.05, 0) is 13.0 Å². The Balaban J connectivity index is 2.76. The zero-order valence-electron chi connectivity index (χ0n) is 11.0. The van der Waals surface area contributed by atoms with E-state index in [0.29, 0.717) is 17.0 Å². The van der Waals surface area contributed by atoms with Gasteiger partial charge in [0.05, 0.1) is 19.9 Å². The molecule has 7 nitrogen and oxygen atoms in total. The molecule has 2 aromatic rings. The number of guanidine groups is 1. The van der Waals surface area contributed by atoms with Gasteiger partial charge in [0, 0.05) is 11.5 Å². The van der Waals surface area contributed by atoms with Crippen LogP contribution in [-0.2, 0) is 0 Å². The van der Waals surface area contributed by atoms with Crippen molar-refractivity contribution in [3.63, 3.8) is 0 Å². The number of hydrogen-bond acceptors (Lipinski definition) is 5. The highest BCUT2D eigenvalue weighted by atomic mass is 16.5. The fraction of sp³-hybridized carbons (Fsp3) is 0.250. The van der Waals surface area contributed by atoms with Gasteiger partial charge in [0.1, 0.15) is 17.0 Å². The first-order chi connectivity index (χ1) is 9.05. The van der Waals surface area contributed by atoms with Crippen molar-refractivity contribution in [2.45, 2.75) is 6.92 Å². The summed E-state index contributed by atoms with van der Waals surface area (Å²) in [6.45, 7) is 1.84. The average Bonchev–Trinajstić information content (AvgIpc) is 2.37. The van der Waals surface area contributed by atoms with Crippen molar-refractivity contribution >= 4 is 22.8 Å². The number of nitrogens with two attached hydrogens (primary N) is 2. The van der Waals surface area contributed by atoms with Crippen LogP contribution in [0.3, 0.4) is 0 Å². The normalized spacial score (nSPS) is 10.3. The summed E-state index contributed by atoms with van der Waals surface area (Å²) in [5.74, 6) is 1.36. The van der Waals surface area contributed by atoms with E-state index in [-0.39, 0.29) is 11.9 Å². The number of aryl methyl sites for hydroxylation is 1. The smallest absolute Gasteiger partial charge is 0.253 e. The highest BCUT2D eigenvalue weighted by molar-refractivity contribution is 5.89. The minimum atomic E-state index is -0.0915. The number of aliphatic imine (C=N–C) groups is 1. The van der Waals surface area contributed by atoms with Crippen molar-refractivity contribution in [1.82, 2.24) is 9.97 Å². The van der Waals surface area contributed by atoms with Crippen LogP contribution < -0.4 is 20.9 Å². The number of hydrogen-bond donors (Lipinski definition) is 2. The minimum Gasteiger partial charge on any atom is -0.497 e. The summed E-state index contributed by atoms with van der Waals surface area (Å²) in [6.07, 6.45) is 0. The fourth-order valence-corrected chi connectivity index (χ4v) is 1.75. The van der Waals surface area contributed by atoms with Crippen molar-refractivity contribution in [2.24, 2.45) is 16.5 Å². The predicted molar refractivity (Wildman–Crippen MR) is 72.8 cm³/mol. The molecule has 0 amide bonds. The molecule has 0 unspecified atom stereocenters. The van der Waals surface area contributed by atoms with E-state index >= 15 is 0 Å². The number of aromatic nitrogens is 2. The highest BCUT2D eigenvalue weighted by Gasteiger charge is 2.11. The topological polar surface area (TPSA) is 109 Å². The van der Waals surface area contributed by atoms with E-state index in [9.17, 15) is 0 Å². The van der Waals surface area contributed by atoms with Gasteiger partial charge in [-0.1, -0.05) is 0 Å². The summed E-state index contributed by atoms with van der Waals surface area (Å²) in [7, 11) is 3.15. The van der Waals surface area contributed by atoms with Crippen LogP contribution in [-0.4, -0.2) is 30.1 Å². The van der Waals surface area contributed by atoms with Crippen LogP contribution in [0.5, 0.6) is 11.5 Å². The van der Waals surface area contributed by atoms with Gasteiger partial charge in [-0.2, -0.15) is 4.99 Å². The maximum atomic E-state index is 5.33. The van der Waals surface area contributed by atoms with Crippen LogP contribution in [0, 0.1) is 6.92 Å². The predicted octanol–water partition coefficient (Wildman–Crippen LogP) is 0.860. The summed E-state index contributed by atoms with van der Waals surface area (Å²) < 4.78 is 10.5. The number of nitrogens with zero attached hydrogens (tertiary/aromatic N) is 3. The quantitative estimate of drug-likeness (QED) is 0.626. The lowest BCUT2D eigenvalue weighted by Crippen LogP contribution is -2.22. The van der Waals surface area contributed by atoms with E-state index < -0.39 is 0 Å². The molecule has 0 aliphatic carbocycles. The van der Waals surface area contributed by atoms with E-state index in [1.807, 2.05) is 13.0 Å². The molecule has 4 N–H and O–H groups in total. The highest BCUT2D eigenvalue weighted by Crippen LogP contribution is 2.32. The largest absolute Gasteiger partial charge is 0.497 e. The van der Waals surface area contributed by atoms with E-state index in [4.69, 9.17) is 20.9 Å². The monoisotopic (exact) mass is 261 g/mol. The van der Waals surface area contributed by atoms with Gasteiger partial charge in [-0.25, -0.2) is 9.97 Å². The molecule has 0 bridgehead atoms. The number of rotatable bonds is 3. The lowest BCUT2D eigenvalue weighted by molar-refractivity contribution is 0.397. The Morgan fingerprint density at radius 2 is 1.89 bits per heavy atom. The Bertz CT molecular complexity index is 650. The second-order valence-electron chi connectivity index (χ2n) is 3.87. The Labute approximate surface area is 110 Å². The molecule has 0 fully saturated rings. The second-order valence-corrected chi connectivity index (χ2v) is 3.87. The minimum absolute atomic E-state index is 0.0915. The molecule has 19 heavy (non-hydrogen) atoms. The van der Waals surface area contributed by atoms with E-state index in [0.717, 1.165) is 11.1 Å². The third kappa shape index (κ3) is 2.49. The SMILES string of the molecule is COc1cc(OC)c2nc(N=C(N)N)nc(C)c2c1. The van der Waals surface area contributed by atoms with E-state index in [1.165, 1.54) is 0 Å². The Hall–Kier alpha value is -2.57. The molecule has 7 heteroatoms. The third-order valence-corrected chi connectivity index (χ3v) is 2.60. The van der Waals surface area contributed by atoms with Crippen LogP contribution in [0.2, 0.25) is 0 Å². The number of ether oxygens (including phenoxy) is 2. The standard InChI is InChI=1S/C12H15N5O2/c1-6-8-4-7(18-2)5-9(19-3)10(8)16-12(15-6)17-11(13)14/h4-5H,1-3H3,(H4,13,14,15,16,17). The van der Waals surface area contributed by atoms with Crippen molar-refractivity contribution in [3.8, 4) is 11.5 Å². The summed E-state index contributed by atoms with van der Waals surface area (Å²) in [4.78, 5) is 12.4. The van der Waals surface area contributed by atoms with Gasteiger partial charge in [-0.3, -0.25) is 0 Å². The Morgan fingerprint density at radius 1 is 1.16 bits per heavy atom. The lowest BCUT2D eigenvalue weighted by atomic mass is 10.1. The molecule has 0 radical (unpaired) electrons. The molecule has 0 saturated heterocycles. The summed E-state index contributed by atoms with van der Waals surface area (Å²) in [5.41, 5.74) is 12.0. The van der Waals surface area contributed by atoms with Gasteiger partial charge in [-0.15, -0.1) is 0 Å². The maximum Gasteiger partial charge on any atom is 0.253 e. The lowest BCUT2D eigenvalue weighted by Gasteiger charge is -2.10. The van der Waals surface area contributed by atoms with Crippen molar-refractivity contribution < 1.29 is 9.47 Å². The molecule has 1 aromatic heterocycles. The van der Waals surface area contributed by atoms with Crippen molar-refractivity contribution in [3.05, 3.63) is 17.8 Å². The molecule has 100 valence electrons. The average molecular weight is 261 g/mol. The zero-order valence-corrected chi connectivity index (χ0v) is 11.0. The summed E-state index contributed by atoms with van der Waals surface area (Å²) in [5, 5.41) is 0.825. The molecular formula is C12H15N5O2. The maximum absolute atomic E-state index is 5.33. The number of benzene rings is 1. The van der Waals surface area contributed by atoms with Gasteiger partial charge in [0.25, 0.3) is 5.95 Å². The van der Waals surface area contributed by atoms with Crippen LogP contribution in [0.25, 0.3) is 10.9 Å². The molecule has 0 aliphatic heterocycles. The Kier molecular flexibility index (Phi) is 3.37. The Morgan fingerprint density at radius 3 is 2.47 bits per heavy atom. The summed E-state index contributed by atoms with van der Waals surface area (Å²) in [6, 6.07) is 3.58. The number of methoxy groups -OCH3 is 2. The van der Waals surface area contributed by atoms with Gasteiger partial charge < -0.3 is 20.9 Å². The van der Waals surface area contributed by atoms with Crippen LogP contribution in [0.1, 0.15) is 5.69 Å². The van der Waals surface area contributed by atoms with Crippen molar-refractivity contribution in [2.75, 3.05) is 14.2 Å². The van der Waals surface area contributed by atoms with Gasteiger partial charge in [0.2, 0.25) is 0 Å². The zero-order chi connectivity index (χ0) is 14.0. The molecule has 0 aliphatic rings. The van der Waals surface area contributed by atoms with Crippen LogP contribution >= 0.6 is 0 Å². The molecule has 0 atom stereocenters. The first-order valence-electron chi connectivity index (χ1n) is 5.55. The van der Waals surface area contributed by atoms with E-state index in [1.54, 1.807) is 20.3 Å². The first-order valence-corrected chi connectivity index (χ1v) is 5.55. The molecule has 2 rings (SSSR count). The van der Waals surface area contributed by atoms with Crippen LogP contribution in [0.15, 0.2) is 17.1 Å². The fourth-order valence-electron chi connectivity index (χ4n) is 1.75. The van der Waals surface area contributed by atoms with Crippen molar-refractivity contribution in [1.29, 1.82) is 0 Å². The molecular weight excluding hydrogens is 246 g/mol. The van der Waals surface area contributed by atoms with Gasteiger partial charge in [0.15, 0.2) is 5.96 Å². The first kappa shape index (κ1) is 12.9. The molecule has 1 heterocycles. The second kappa shape index (κ2) is 4.97. The molecule has 0 saturated carbocycles.